The molecule has 0 spiro atoms. The Morgan fingerprint density at radius 1 is 1.24 bits per heavy atom. The topological polar surface area (TPSA) is 66.2 Å². The van der Waals surface area contributed by atoms with Crippen LogP contribution in [0.25, 0.3) is 10.9 Å². The third kappa shape index (κ3) is 3.17. The van der Waals surface area contributed by atoms with Crippen molar-refractivity contribution >= 4 is 22.5 Å². The molecule has 25 heavy (non-hydrogen) atoms. The van der Waals surface area contributed by atoms with Crippen LogP contribution in [0, 0.1) is 0 Å². The molecule has 0 saturated carbocycles. The van der Waals surface area contributed by atoms with Gasteiger partial charge in [-0.1, -0.05) is 11.6 Å². The molecular weight excluding hydrogens is 342 g/mol. The number of fused-ring (bicyclic) bond motifs is 2. The van der Waals surface area contributed by atoms with Gasteiger partial charge in [-0.25, -0.2) is 4.98 Å². The van der Waals surface area contributed by atoms with Crippen molar-refractivity contribution in [1.82, 2.24) is 14.5 Å². The lowest BCUT2D eigenvalue weighted by Gasteiger charge is -2.12. The molecule has 0 N–H and O–H groups in total. The van der Waals surface area contributed by atoms with Gasteiger partial charge in [-0.05, 0) is 30.2 Å². The number of benzene rings is 1. The van der Waals surface area contributed by atoms with E-state index in [0.29, 0.717) is 53.6 Å². The summed E-state index contributed by atoms with van der Waals surface area (Å²) < 4.78 is 12.9. The van der Waals surface area contributed by atoms with E-state index in [2.05, 4.69) is 9.97 Å². The van der Waals surface area contributed by atoms with E-state index in [9.17, 15) is 4.79 Å². The fraction of sp³-hybridized carbons (Fsp3) is 0.278. The summed E-state index contributed by atoms with van der Waals surface area (Å²) in [5, 5.41) is 1.10. The molecule has 4 rings (SSSR count). The maximum absolute atomic E-state index is 12.5. The SMILES string of the molecule is O=c1c2ccncc2ncn1CCc1cc(Cl)c2c(c1)OCCCO2. The zero-order valence-corrected chi connectivity index (χ0v) is 14.2. The van der Waals surface area contributed by atoms with E-state index < -0.39 is 0 Å². The Hall–Kier alpha value is -2.60. The molecule has 0 aliphatic carbocycles. The molecule has 0 bridgehead atoms. The summed E-state index contributed by atoms with van der Waals surface area (Å²) in [6.45, 7) is 1.70. The van der Waals surface area contributed by atoms with E-state index in [1.54, 1.807) is 29.4 Å². The van der Waals surface area contributed by atoms with E-state index in [1.807, 2.05) is 12.1 Å². The van der Waals surface area contributed by atoms with Crippen LogP contribution in [0.3, 0.4) is 0 Å². The lowest BCUT2D eigenvalue weighted by molar-refractivity contribution is 0.297. The highest BCUT2D eigenvalue weighted by molar-refractivity contribution is 6.32. The monoisotopic (exact) mass is 357 g/mol. The Balaban J connectivity index is 1.60. The number of halogens is 1. The summed E-state index contributed by atoms with van der Waals surface area (Å²) in [6.07, 6.45) is 6.20. The fourth-order valence-corrected chi connectivity index (χ4v) is 3.13. The highest BCUT2D eigenvalue weighted by Gasteiger charge is 2.15. The summed E-state index contributed by atoms with van der Waals surface area (Å²) in [5.41, 5.74) is 1.51. The zero-order chi connectivity index (χ0) is 17.2. The highest BCUT2D eigenvalue weighted by atomic mass is 35.5. The van der Waals surface area contributed by atoms with Crippen molar-refractivity contribution in [3.05, 3.63) is 57.9 Å². The zero-order valence-electron chi connectivity index (χ0n) is 13.4. The average Bonchev–Trinajstić information content (AvgIpc) is 2.87. The molecule has 0 amide bonds. The maximum Gasteiger partial charge on any atom is 0.261 e. The standard InChI is InChI=1S/C18H16ClN3O3/c19-14-8-12(9-16-17(14)25-7-1-6-24-16)3-5-22-11-21-15-10-20-4-2-13(15)18(22)23/h2,4,8-11H,1,3,5-7H2. The Morgan fingerprint density at radius 2 is 2.12 bits per heavy atom. The first-order chi connectivity index (χ1) is 12.2. The third-order valence-corrected chi connectivity index (χ3v) is 4.41. The second kappa shape index (κ2) is 6.72. The van der Waals surface area contributed by atoms with Crippen molar-refractivity contribution in [3.8, 4) is 11.5 Å². The molecule has 1 aliphatic heterocycles. The second-order valence-electron chi connectivity index (χ2n) is 5.84. The van der Waals surface area contributed by atoms with E-state index in [0.717, 1.165) is 12.0 Å². The predicted octanol–water partition coefficient (Wildman–Crippen LogP) is 2.85. The number of aryl methyl sites for hydroxylation is 2. The van der Waals surface area contributed by atoms with Gasteiger partial charge in [-0.15, -0.1) is 0 Å². The molecule has 3 aromatic rings. The Morgan fingerprint density at radius 3 is 3.04 bits per heavy atom. The first-order valence-corrected chi connectivity index (χ1v) is 8.47. The van der Waals surface area contributed by atoms with Gasteiger partial charge in [0.1, 0.15) is 0 Å². The lowest BCUT2D eigenvalue weighted by atomic mass is 10.1. The molecule has 1 aromatic carbocycles. The van der Waals surface area contributed by atoms with E-state index in [4.69, 9.17) is 21.1 Å². The predicted molar refractivity (Wildman–Crippen MR) is 94.6 cm³/mol. The Bertz CT molecular complexity index is 987. The molecule has 0 radical (unpaired) electrons. The molecule has 0 saturated heterocycles. The second-order valence-corrected chi connectivity index (χ2v) is 6.25. The fourth-order valence-electron chi connectivity index (χ4n) is 2.85. The number of pyridine rings is 1. The van der Waals surface area contributed by atoms with Crippen LogP contribution in [0.15, 0.2) is 41.7 Å². The molecule has 0 unspecified atom stereocenters. The van der Waals surface area contributed by atoms with E-state index in [-0.39, 0.29) is 5.56 Å². The number of rotatable bonds is 3. The Labute approximate surface area is 149 Å². The van der Waals surface area contributed by atoms with Crippen molar-refractivity contribution in [2.24, 2.45) is 0 Å². The Kier molecular flexibility index (Phi) is 4.28. The summed E-state index contributed by atoms with van der Waals surface area (Å²) >= 11 is 6.32. The van der Waals surface area contributed by atoms with Gasteiger partial charge >= 0.3 is 0 Å². The van der Waals surface area contributed by atoms with Crippen LogP contribution in [0.2, 0.25) is 5.02 Å². The van der Waals surface area contributed by atoms with Crippen LogP contribution in [-0.4, -0.2) is 27.7 Å². The van der Waals surface area contributed by atoms with E-state index in [1.165, 1.54) is 0 Å². The summed E-state index contributed by atoms with van der Waals surface area (Å²) in [6, 6.07) is 5.47. The number of aromatic nitrogens is 3. The van der Waals surface area contributed by atoms with Crippen LogP contribution in [0.1, 0.15) is 12.0 Å². The molecule has 2 aromatic heterocycles. The van der Waals surface area contributed by atoms with Crippen molar-refractivity contribution in [3.63, 3.8) is 0 Å². The highest BCUT2D eigenvalue weighted by Crippen LogP contribution is 2.38. The first kappa shape index (κ1) is 15.9. The van der Waals surface area contributed by atoms with Gasteiger partial charge in [-0.2, -0.15) is 0 Å². The molecule has 6 nitrogen and oxygen atoms in total. The lowest BCUT2D eigenvalue weighted by Crippen LogP contribution is -2.21. The van der Waals surface area contributed by atoms with Gasteiger partial charge in [0.2, 0.25) is 0 Å². The largest absolute Gasteiger partial charge is 0.489 e. The minimum Gasteiger partial charge on any atom is -0.489 e. The van der Waals surface area contributed by atoms with Gasteiger partial charge in [0, 0.05) is 19.2 Å². The maximum atomic E-state index is 12.5. The van der Waals surface area contributed by atoms with Crippen LogP contribution in [0.4, 0.5) is 0 Å². The summed E-state index contributed by atoms with van der Waals surface area (Å²) in [5.74, 6) is 1.26. The molecule has 7 heteroatoms. The summed E-state index contributed by atoms with van der Waals surface area (Å²) in [4.78, 5) is 20.8. The molecule has 128 valence electrons. The average molecular weight is 358 g/mol. The normalized spacial score (nSPS) is 13.6. The van der Waals surface area contributed by atoms with Gasteiger partial charge < -0.3 is 9.47 Å². The number of hydrogen-bond donors (Lipinski definition) is 0. The van der Waals surface area contributed by atoms with Crippen molar-refractivity contribution < 1.29 is 9.47 Å². The van der Waals surface area contributed by atoms with Gasteiger partial charge in [0.25, 0.3) is 5.56 Å². The third-order valence-electron chi connectivity index (χ3n) is 4.13. The van der Waals surface area contributed by atoms with Crippen LogP contribution in [0.5, 0.6) is 11.5 Å². The van der Waals surface area contributed by atoms with Crippen molar-refractivity contribution in [2.75, 3.05) is 13.2 Å². The van der Waals surface area contributed by atoms with Gasteiger partial charge in [0.15, 0.2) is 11.5 Å². The smallest absolute Gasteiger partial charge is 0.261 e. The van der Waals surface area contributed by atoms with Crippen LogP contribution < -0.4 is 15.0 Å². The number of nitrogens with zero attached hydrogens (tertiary/aromatic N) is 3. The van der Waals surface area contributed by atoms with Crippen molar-refractivity contribution in [2.45, 2.75) is 19.4 Å². The molecule has 0 fully saturated rings. The van der Waals surface area contributed by atoms with Crippen LogP contribution >= 0.6 is 11.6 Å². The summed E-state index contributed by atoms with van der Waals surface area (Å²) in [7, 11) is 0. The van der Waals surface area contributed by atoms with Gasteiger partial charge in [-0.3, -0.25) is 14.3 Å². The van der Waals surface area contributed by atoms with Gasteiger partial charge in [0.05, 0.1) is 41.7 Å². The van der Waals surface area contributed by atoms with Crippen LogP contribution in [-0.2, 0) is 13.0 Å². The van der Waals surface area contributed by atoms with Crippen molar-refractivity contribution in [1.29, 1.82) is 0 Å². The number of ether oxygens (including phenoxy) is 2. The minimum atomic E-state index is -0.0761. The minimum absolute atomic E-state index is 0.0761. The molecule has 1 aliphatic rings. The number of hydrogen-bond acceptors (Lipinski definition) is 5. The first-order valence-electron chi connectivity index (χ1n) is 8.09. The molecule has 3 heterocycles. The van der Waals surface area contributed by atoms with E-state index >= 15 is 0 Å². The quantitative estimate of drug-likeness (QED) is 0.721. The molecular formula is C18H16ClN3O3. The molecule has 0 atom stereocenters.